The van der Waals surface area contributed by atoms with Crippen molar-refractivity contribution in [3.05, 3.63) is 0 Å². The first-order chi connectivity index (χ1) is 6.94. The van der Waals surface area contributed by atoms with E-state index in [9.17, 15) is 0 Å². The molecular weight excluding hydrogens is 188 g/mol. The molecule has 0 saturated heterocycles. The predicted octanol–water partition coefficient (Wildman–Crippen LogP) is 1.49. The van der Waals surface area contributed by atoms with Crippen LogP contribution in [0.4, 0.5) is 0 Å². The highest BCUT2D eigenvalue weighted by atomic mass is 15.3. The summed E-state index contributed by atoms with van der Waals surface area (Å²) >= 11 is 0. The molecule has 0 aliphatic carbocycles. The van der Waals surface area contributed by atoms with E-state index in [1.165, 1.54) is 0 Å². The first-order valence-corrected chi connectivity index (χ1v) is 5.69. The number of hydrazine groups is 1. The van der Waals surface area contributed by atoms with Crippen molar-refractivity contribution in [2.75, 3.05) is 13.1 Å². The fourth-order valence-electron chi connectivity index (χ4n) is 0.861. The number of nitrogens with two attached hydrogens (primary N) is 1. The van der Waals surface area contributed by atoms with Gasteiger partial charge in [-0.1, -0.05) is 34.6 Å². The quantitative estimate of drug-likeness (QED) is 0.281. The molecule has 0 unspecified atom stereocenters. The second-order valence-corrected chi connectivity index (χ2v) is 4.88. The highest BCUT2D eigenvalue weighted by Crippen LogP contribution is 2.25. The molecule has 0 atom stereocenters. The van der Waals surface area contributed by atoms with Crippen LogP contribution in [-0.2, 0) is 0 Å². The van der Waals surface area contributed by atoms with Crippen LogP contribution in [0.25, 0.3) is 0 Å². The number of rotatable bonds is 5. The predicted molar refractivity (Wildman–Crippen MR) is 66.5 cm³/mol. The molecule has 0 bridgehead atoms. The Kier molecular flexibility index (Phi) is 6.32. The monoisotopic (exact) mass is 214 g/mol. The van der Waals surface area contributed by atoms with Crippen LogP contribution in [0, 0.1) is 11.3 Å². The lowest BCUT2D eigenvalue weighted by atomic mass is 9.81. The lowest BCUT2D eigenvalue weighted by Gasteiger charge is -2.27. The summed E-state index contributed by atoms with van der Waals surface area (Å²) in [6, 6.07) is 0. The van der Waals surface area contributed by atoms with Gasteiger partial charge in [0.1, 0.15) is 0 Å². The van der Waals surface area contributed by atoms with Gasteiger partial charge in [0.2, 0.25) is 5.96 Å². The zero-order valence-corrected chi connectivity index (χ0v) is 10.7. The largest absolute Gasteiger partial charge is 0.355 e. The zero-order chi connectivity index (χ0) is 11.9. The van der Waals surface area contributed by atoms with Gasteiger partial charge in [0.25, 0.3) is 0 Å². The molecule has 0 rings (SSSR count). The molecule has 0 spiro atoms. The molecule has 4 nitrogen and oxygen atoms in total. The van der Waals surface area contributed by atoms with Crippen molar-refractivity contribution in [1.82, 2.24) is 10.7 Å². The summed E-state index contributed by atoms with van der Waals surface area (Å²) in [6.07, 6.45) is 1.06. The second kappa shape index (κ2) is 6.67. The highest BCUT2D eigenvalue weighted by Gasteiger charge is 2.21. The first-order valence-electron chi connectivity index (χ1n) is 5.69. The van der Waals surface area contributed by atoms with Crippen molar-refractivity contribution in [2.24, 2.45) is 22.2 Å². The van der Waals surface area contributed by atoms with E-state index in [4.69, 9.17) is 5.84 Å². The van der Waals surface area contributed by atoms with Crippen molar-refractivity contribution in [3.8, 4) is 0 Å². The topological polar surface area (TPSA) is 62.4 Å². The minimum Gasteiger partial charge on any atom is -0.355 e. The lowest BCUT2D eigenvalue weighted by molar-refractivity contribution is 0.261. The van der Waals surface area contributed by atoms with Crippen molar-refractivity contribution >= 4 is 5.96 Å². The third-order valence-electron chi connectivity index (χ3n) is 2.89. The van der Waals surface area contributed by atoms with Crippen LogP contribution >= 0.6 is 0 Å². The maximum atomic E-state index is 5.38. The average molecular weight is 214 g/mol. The third kappa shape index (κ3) is 5.62. The number of hydrogen-bond donors (Lipinski definition) is 3. The van der Waals surface area contributed by atoms with Gasteiger partial charge in [-0.25, -0.2) is 5.84 Å². The first kappa shape index (κ1) is 14.2. The normalized spacial score (nSPS) is 13.1. The van der Waals surface area contributed by atoms with E-state index in [0.29, 0.717) is 11.9 Å². The Bertz CT molecular complexity index is 197. The Morgan fingerprint density at radius 2 is 2.00 bits per heavy atom. The van der Waals surface area contributed by atoms with Gasteiger partial charge in [-0.2, -0.15) is 0 Å². The molecule has 4 N–H and O–H groups in total. The van der Waals surface area contributed by atoms with E-state index in [-0.39, 0.29) is 5.41 Å². The Labute approximate surface area is 93.7 Å². The summed E-state index contributed by atoms with van der Waals surface area (Å²) < 4.78 is 0. The van der Waals surface area contributed by atoms with Gasteiger partial charge < -0.3 is 5.32 Å². The Balaban J connectivity index is 4.20. The number of guanidine groups is 1. The van der Waals surface area contributed by atoms with E-state index in [1.54, 1.807) is 0 Å². The van der Waals surface area contributed by atoms with E-state index in [2.05, 4.69) is 50.4 Å². The Morgan fingerprint density at radius 1 is 1.40 bits per heavy atom. The smallest absolute Gasteiger partial charge is 0.205 e. The summed E-state index contributed by atoms with van der Waals surface area (Å²) in [7, 11) is 0. The molecule has 0 amide bonds. The molecule has 0 saturated carbocycles. The molecule has 0 heterocycles. The molecule has 0 aromatic carbocycles. The molecule has 0 aromatic rings. The summed E-state index contributed by atoms with van der Waals surface area (Å²) in [6.45, 7) is 12.6. The number of nitrogens with one attached hydrogen (secondary N) is 2. The summed E-state index contributed by atoms with van der Waals surface area (Å²) in [5.74, 6) is 6.66. The van der Waals surface area contributed by atoms with Gasteiger partial charge in [-0.15, -0.1) is 0 Å². The molecule has 90 valence electrons. The maximum Gasteiger partial charge on any atom is 0.205 e. The number of nitrogens with zero attached hydrogens (tertiary/aromatic N) is 1. The van der Waals surface area contributed by atoms with Crippen LogP contribution in [0.15, 0.2) is 4.99 Å². The maximum absolute atomic E-state index is 5.38. The van der Waals surface area contributed by atoms with Crippen LogP contribution in [-0.4, -0.2) is 19.0 Å². The molecule has 0 aliphatic rings. The standard InChI is InChI=1S/C11H26N4/c1-6-7-13-10(15-12)14-8-11(4,5)9(2)3/h9H,6-8,12H2,1-5H3,(H2,13,14,15). The lowest BCUT2D eigenvalue weighted by Crippen LogP contribution is -2.42. The minimum absolute atomic E-state index is 0.204. The van der Waals surface area contributed by atoms with Gasteiger partial charge in [0.05, 0.1) is 0 Å². The van der Waals surface area contributed by atoms with Crippen LogP contribution < -0.4 is 16.6 Å². The molecule has 15 heavy (non-hydrogen) atoms. The van der Waals surface area contributed by atoms with Crippen LogP contribution in [0.3, 0.4) is 0 Å². The number of aliphatic imine (C=N–C) groups is 1. The van der Waals surface area contributed by atoms with Gasteiger partial charge in [0.15, 0.2) is 0 Å². The number of hydrogen-bond acceptors (Lipinski definition) is 2. The van der Waals surface area contributed by atoms with Gasteiger partial charge >= 0.3 is 0 Å². The Morgan fingerprint density at radius 3 is 2.40 bits per heavy atom. The van der Waals surface area contributed by atoms with E-state index in [0.717, 1.165) is 19.5 Å². The van der Waals surface area contributed by atoms with Gasteiger partial charge in [-0.05, 0) is 17.8 Å². The summed E-state index contributed by atoms with van der Waals surface area (Å²) in [5, 5.41) is 3.14. The van der Waals surface area contributed by atoms with E-state index in [1.807, 2.05) is 0 Å². The van der Waals surface area contributed by atoms with E-state index < -0.39 is 0 Å². The van der Waals surface area contributed by atoms with Gasteiger partial charge in [-0.3, -0.25) is 10.4 Å². The SMILES string of the molecule is CCCNC(=NCC(C)(C)C(C)C)NN. The molecule has 0 radical (unpaired) electrons. The molecule has 4 heteroatoms. The van der Waals surface area contributed by atoms with Crippen LogP contribution in [0.2, 0.25) is 0 Å². The van der Waals surface area contributed by atoms with E-state index >= 15 is 0 Å². The third-order valence-corrected chi connectivity index (χ3v) is 2.89. The van der Waals surface area contributed by atoms with Gasteiger partial charge in [0, 0.05) is 13.1 Å². The second-order valence-electron chi connectivity index (χ2n) is 4.88. The van der Waals surface area contributed by atoms with Crippen LogP contribution in [0.1, 0.15) is 41.0 Å². The molecule has 0 fully saturated rings. The minimum atomic E-state index is 0.204. The highest BCUT2D eigenvalue weighted by molar-refractivity contribution is 5.79. The zero-order valence-electron chi connectivity index (χ0n) is 10.7. The Hall–Kier alpha value is -0.770. The average Bonchev–Trinajstić information content (AvgIpc) is 2.18. The summed E-state index contributed by atoms with van der Waals surface area (Å²) in [5.41, 5.74) is 2.79. The van der Waals surface area contributed by atoms with Crippen LogP contribution in [0.5, 0.6) is 0 Å². The van der Waals surface area contributed by atoms with Crippen molar-refractivity contribution in [1.29, 1.82) is 0 Å². The fraction of sp³-hybridized carbons (Fsp3) is 0.909. The molecule has 0 aromatic heterocycles. The van der Waals surface area contributed by atoms with Crippen molar-refractivity contribution < 1.29 is 0 Å². The summed E-state index contributed by atoms with van der Waals surface area (Å²) in [4.78, 5) is 4.44. The molecule has 0 aliphatic heterocycles. The van der Waals surface area contributed by atoms with Crippen molar-refractivity contribution in [3.63, 3.8) is 0 Å². The fourth-order valence-corrected chi connectivity index (χ4v) is 0.861. The van der Waals surface area contributed by atoms with Crippen molar-refractivity contribution in [2.45, 2.75) is 41.0 Å². The molecular formula is C11H26N4.